The minimum absolute atomic E-state index is 0.00698. The molecule has 0 saturated carbocycles. The zero-order chi connectivity index (χ0) is 25.2. The zero-order valence-electron chi connectivity index (χ0n) is 18.0. The number of aromatic nitrogens is 2. The number of halogens is 3. The van der Waals surface area contributed by atoms with Crippen LogP contribution in [0.1, 0.15) is 21.7 Å². The monoisotopic (exact) mass is 485 g/mol. The van der Waals surface area contributed by atoms with Crippen LogP contribution in [0.2, 0.25) is 0 Å². The van der Waals surface area contributed by atoms with Crippen molar-refractivity contribution in [1.82, 2.24) is 20.2 Å². The molecule has 1 aliphatic heterocycles. The molecule has 1 saturated heterocycles. The molecule has 1 aliphatic rings. The van der Waals surface area contributed by atoms with Gasteiger partial charge in [-0.2, -0.15) is 13.2 Å². The Morgan fingerprint density at radius 1 is 0.971 bits per heavy atom. The highest BCUT2D eigenvalue weighted by atomic mass is 19.4. The number of carbonyl (C=O) groups excluding carboxylic acids is 3. The second kappa shape index (κ2) is 9.50. The Labute approximate surface area is 196 Å². The summed E-state index contributed by atoms with van der Waals surface area (Å²) < 4.78 is 43.7. The van der Waals surface area contributed by atoms with Gasteiger partial charge in [0.25, 0.3) is 5.91 Å². The molecule has 0 unspecified atom stereocenters. The SMILES string of the molecule is NC(=O)c1cc(CN2CC(=O)NC(=O)C2)nc(-c2ccc(Oc3ccc(C(F)(F)F)cc3)cc2)n1. The minimum Gasteiger partial charge on any atom is -0.457 e. The maximum atomic E-state index is 12.7. The summed E-state index contributed by atoms with van der Waals surface area (Å²) in [4.78, 5) is 45.2. The fourth-order valence-electron chi connectivity index (χ4n) is 3.39. The number of primary amides is 1. The molecule has 3 N–H and O–H groups in total. The second-order valence-electron chi connectivity index (χ2n) is 7.70. The minimum atomic E-state index is -4.44. The van der Waals surface area contributed by atoms with E-state index in [0.29, 0.717) is 17.0 Å². The predicted molar refractivity (Wildman–Crippen MR) is 116 cm³/mol. The number of nitrogens with zero attached hydrogens (tertiary/aromatic N) is 3. The third kappa shape index (κ3) is 5.98. The summed E-state index contributed by atoms with van der Waals surface area (Å²) in [5.74, 6) is -0.879. The molecular formula is C23H18F3N5O4. The summed E-state index contributed by atoms with van der Waals surface area (Å²) in [5.41, 5.74) is 5.48. The van der Waals surface area contributed by atoms with Crippen LogP contribution in [0.25, 0.3) is 11.4 Å². The molecule has 12 heteroatoms. The maximum absolute atomic E-state index is 12.7. The summed E-state index contributed by atoms with van der Waals surface area (Å²) in [6.45, 7) is 0.101. The average Bonchev–Trinajstić information content (AvgIpc) is 2.78. The average molecular weight is 485 g/mol. The number of benzene rings is 2. The summed E-state index contributed by atoms with van der Waals surface area (Å²) in [6.07, 6.45) is -4.44. The van der Waals surface area contributed by atoms with E-state index < -0.39 is 29.5 Å². The highest BCUT2D eigenvalue weighted by molar-refractivity contribution is 5.99. The molecule has 3 amide bonds. The van der Waals surface area contributed by atoms with Crippen molar-refractivity contribution in [3.63, 3.8) is 0 Å². The lowest BCUT2D eigenvalue weighted by Crippen LogP contribution is -2.51. The van der Waals surface area contributed by atoms with Crippen LogP contribution in [0.5, 0.6) is 11.5 Å². The number of ether oxygens (including phenoxy) is 1. The topological polar surface area (TPSA) is 128 Å². The van der Waals surface area contributed by atoms with Gasteiger partial charge in [0.15, 0.2) is 5.82 Å². The highest BCUT2D eigenvalue weighted by Gasteiger charge is 2.30. The van der Waals surface area contributed by atoms with Crippen LogP contribution < -0.4 is 15.8 Å². The summed E-state index contributed by atoms with van der Waals surface area (Å²) in [7, 11) is 0. The van der Waals surface area contributed by atoms with Crippen molar-refractivity contribution in [3.05, 3.63) is 71.5 Å². The Kier molecular flexibility index (Phi) is 6.47. The number of nitrogens with two attached hydrogens (primary N) is 1. The Morgan fingerprint density at radius 3 is 2.09 bits per heavy atom. The van der Waals surface area contributed by atoms with Crippen molar-refractivity contribution in [2.24, 2.45) is 5.73 Å². The van der Waals surface area contributed by atoms with Gasteiger partial charge in [-0.15, -0.1) is 0 Å². The zero-order valence-corrected chi connectivity index (χ0v) is 18.0. The van der Waals surface area contributed by atoms with Gasteiger partial charge >= 0.3 is 6.18 Å². The van der Waals surface area contributed by atoms with E-state index in [1.807, 2.05) is 0 Å². The van der Waals surface area contributed by atoms with Crippen LogP contribution in [-0.2, 0) is 22.3 Å². The fraction of sp³-hybridized carbons (Fsp3) is 0.174. The van der Waals surface area contributed by atoms with Crippen molar-refractivity contribution in [2.45, 2.75) is 12.7 Å². The largest absolute Gasteiger partial charge is 0.457 e. The van der Waals surface area contributed by atoms with Gasteiger partial charge in [-0.25, -0.2) is 9.97 Å². The fourth-order valence-corrected chi connectivity index (χ4v) is 3.39. The third-order valence-corrected chi connectivity index (χ3v) is 4.96. The lowest BCUT2D eigenvalue weighted by atomic mass is 10.1. The number of nitrogens with one attached hydrogen (secondary N) is 1. The highest BCUT2D eigenvalue weighted by Crippen LogP contribution is 2.31. The molecule has 2 heterocycles. The number of hydrogen-bond donors (Lipinski definition) is 2. The Hall–Kier alpha value is -4.32. The first-order valence-electron chi connectivity index (χ1n) is 10.3. The van der Waals surface area contributed by atoms with Gasteiger partial charge in [0.2, 0.25) is 11.8 Å². The van der Waals surface area contributed by atoms with Gasteiger partial charge in [0, 0.05) is 12.1 Å². The molecule has 0 atom stereocenters. The molecule has 180 valence electrons. The molecule has 9 nitrogen and oxygen atoms in total. The van der Waals surface area contributed by atoms with Gasteiger partial charge in [0.05, 0.1) is 24.3 Å². The van der Waals surface area contributed by atoms with Gasteiger partial charge in [-0.05, 0) is 54.6 Å². The molecule has 0 bridgehead atoms. The third-order valence-electron chi connectivity index (χ3n) is 4.96. The number of rotatable bonds is 6. The van der Waals surface area contributed by atoms with E-state index in [1.165, 1.54) is 18.2 Å². The number of carbonyl (C=O) groups is 3. The van der Waals surface area contributed by atoms with Crippen molar-refractivity contribution < 1.29 is 32.3 Å². The van der Waals surface area contributed by atoms with E-state index in [1.54, 1.807) is 29.2 Å². The van der Waals surface area contributed by atoms with E-state index in [2.05, 4.69) is 15.3 Å². The first-order valence-corrected chi connectivity index (χ1v) is 10.3. The maximum Gasteiger partial charge on any atom is 0.416 e. The molecule has 0 radical (unpaired) electrons. The summed E-state index contributed by atoms with van der Waals surface area (Å²) in [6, 6.07) is 12.0. The van der Waals surface area contributed by atoms with Gasteiger partial charge in [-0.1, -0.05) is 0 Å². The van der Waals surface area contributed by atoms with Crippen LogP contribution in [0.3, 0.4) is 0 Å². The molecular weight excluding hydrogens is 467 g/mol. The standard InChI is InChI=1S/C23H18F3N5O4/c24-23(25,26)14-3-7-17(8-4-14)35-16-5-1-13(2-6-16)22-28-15(9-18(29-22)21(27)34)10-31-11-19(32)30-20(33)12-31/h1-9H,10-12H2,(H2,27,34)(H,30,32,33). The van der Waals surface area contributed by atoms with E-state index >= 15 is 0 Å². The van der Waals surface area contributed by atoms with Crippen LogP contribution in [0.4, 0.5) is 13.2 Å². The van der Waals surface area contributed by atoms with Crippen molar-refractivity contribution in [1.29, 1.82) is 0 Å². The number of alkyl halides is 3. The number of amides is 3. The van der Waals surface area contributed by atoms with E-state index in [-0.39, 0.29) is 36.9 Å². The van der Waals surface area contributed by atoms with Crippen LogP contribution in [0.15, 0.2) is 54.6 Å². The van der Waals surface area contributed by atoms with Crippen molar-refractivity contribution in [3.8, 4) is 22.9 Å². The predicted octanol–water partition coefficient (Wildman–Crippen LogP) is 2.51. The Balaban J connectivity index is 1.53. The van der Waals surface area contributed by atoms with Crippen LogP contribution >= 0.6 is 0 Å². The van der Waals surface area contributed by atoms with Gasteiger partial charge in [-0.3, -0.25) is 24.6 Å². The van der Waals surface area contributed by atoms with Crippen molar-refractivity contribution >= 4 is 17.7 Å². The molecule has 35 heavy (non-hydrogen) atoms. The molecule has 0 aliphatic carbocycles. The summed E-state index contributed by atoms with van der Waals surface area (Å²) in [5, 5.41) is 2.21. The van der Waals surface area contributed by atoms with E-state index in [4.69, 9.17) is 10.5 Å². The molecule has 2 aromatic carbocycles. The first-order chi connectivity index (χ1) is 16.6. The molecule has 0 spiro atoms. The van der Waals surface area contributed by atoms with Crippen LogP contribution in [-0.4, -0.2) is 45.7 Å². The number of piperazine rings is 1. The lowest BCUT2D eigenvalue weighted by Gasteiger charge is -2.24. The lowest BCUT2D eigenvalue weighted by molar-refractivity contribution is -0.138. The smallest absolute Gasteiger partial charge is 0.416 e. The Bertz CT molecular complexity index is 1260. The first kappa shape index (κ1) is 23.8. The van der Waals surface area contributed by atoms with E-state index in [0.717, 1.165) is 12.1 Å². The summed E-state index contributed by atoms with van der Waals surface area (Å²) >= 11 is 0. The van der Waals surface area contributed by atoms with Gasteiger partial charge in [0.1, 0.15) is 17.2 Å². The molecule has 1 fully saturated rings. The van der Waals surface area contributed by atoms with E-state index in [9.17, 15) is 27.6 Å². The molecule has 1 aromatic heterocycles. The quantitative estimate of drug-likeness (QED) is 0.514. The second-order valence-corrected chi connectivity index (χ2v) is 7.70. The molecule has 3 aromatic rings. The molecule has 4 rings (SSSR count). The van der Waals surface area contributed by atoms with Gasteiger partial charge < -0.3 is 10.5 Å². The number of hydrogen-bond acceptors (Lipinski definition) is 7. The van der Waals surface area contributed by atoms with Crippen molar-refractivity contribution in [2.75, 3.05) is 13.1 Å². The number of imide groups is 1. The Morgan fingerprint density at radius 2 is 1.54 bits per heavy atom. The normalized spacial score (nSPS) is 14.5. The van der Waals surface area contributed by atoms with Crippen LogP contribution in [0, 0.1) is 0 Å².